The fourth-order valence-electron chi connectivity index (χ4n) is 1.90. The van der Waals surface area contributed by atoms with Crippen LogP contribution in [0.2, 0.25) is 0 Å². The van der Waals surface area contributed by atoms with Crippen molar-refractivity contribution in [1.82, 2.24) is 5.32 Å². The molecule has 5 heteroatoms. The van der Waals surface area contributed by atoms with Crippen LogP contribution in [0.1, 0.15) is 32.3 Å². The standard InChI is InChI=1S/C17H28N2O2.ClH/c1-14(2)16(18)17(20)19-11-6-7-12-21-13-10-15-8-4-3-5-9-15;/h3-5,8-9,14,16H,6-7,10-13,18H2,1-2H3,(H,19,20);1H/t16-;/m0./s1. The SMILES string of the molecule is CC(C)[C@H](N)C(=O)NCCCCOCCc1ccccc1.Cl. The van der Waals surface area contributed by atoms with E-state index in [4.69, 9.17) is 10.5 Å². The van der Waals surface area contributed by atoms with Crippen molar-refractivity contribution in [2.45, 2.75) is 39.2 Å². The molecule has 0 saturated heterocycles. The van der Waals surface area contributed by atoms with Crippen molar-refractivity contribution in [3.05, 3.63) is 35.9 Å². The van der Waals surface area contributed by atoms with Crippen LogP contribution in [0.3, 0.4) is 0 Å². The molecule has 0 bridgehead atoms. The third-order valence-electron chi connectivity index (χ3n) is 3.41. The van der Waals surface area contributed by atoms with Gasteiger partial charge in [0, 0.05) is 13.2 Å². The lowest BCUT2D eigenvalue weighted by Gasteiger charge is -2.15. The lowest BCUT2D eigenvalue weighted by Crippen LogP contribution is -2.44. The molecule has 4 nitrogen and oxygen atoms in total. The van der Waals surface area contributed by atoms with Crippen molar-refractivity contribution < 1.29 is 9.53 Å². The van der Waals surface area contributed by atoms with Crippen molar-refractivity contribution in [2.24, 2.45) is 11.7 Å². The molecule has 0 unspecified atom stereocenters. The maximum absolute atomic E-state index is 11.6. The average molecular weight is 329 g/mol. The highest BCUT2D eigenvalue weighted by molar-refractivity contribution is 5.85. The Kier molecular flexibility index (Phi) is 11.8. The number of carbonyl (C=O) groups is 1. The van der Waals surface area contributed by atoms with Gasteiger partial charge in [-0.25, -0.2) is 0 Å². The van der Waals surface area contributed by atoms with E-state index in [0.29, 0.717) is 6.54 Å². The second-order valence-electron chi connectivity index (χ2n) is 5.62. The monoisotopic (exact) mass is 328 g/mol. The third-order valence-corrected chi connectivity index (χ3v) is 3.41. The van der Waals surface area contributed by atoms with Gasteiger partial charge in [-0.15, -0.1) is 12.4 Å². The summed E-state index contributed by atoms with van der Waals surface area (Å²) < 4.78 is 5.59. The predicted octanol–water partition coefficient (Wildman–Crippen LogP) is 2.55. The van der Waals surface area contributed by atoms with Crippen LogP contribution in [0.25, 0.3) is 0 Å². The van der Waals surface area contributed by atoms with E-state index >= 15 is 0 Å². The van der Waals surface area contributed by atoms with Gasteiger partial charge >= 0.3 is 0 Å². The Morgan fingerprint density at radius 3 is 2.50 bits per heavy atom. The third kappa shape index (κ3) is 9.03. The minimum absolute atomic E-state index is 0. The molecule has 1 aromatic rings. The predicted molar refractivity (Wildman–Crippen MR) is 93.3 cm³/mol. The first-order valence-corrected chi connectivity index (χ1v) is 7.76. The molecule has 1 rings (SSSR count). The summed E-state index contributed by atoms with van der Waals surface area (Å²) in [5.74, 6) is 0.112. The van der Waals surface area contributed by atoms with Crippen LogP contribution in [-0.4, -0.2) is 31.7 Å². The van der Waals surface area contributed by atoms with Crippen molar-refractivity contribution in [2.75, 3.05) is 19.8 Å². The highest BCUT2D eigenvalue weighted by Gasteiger charge is 2.15. The van der Waals surface area contributed by atoms with Crippen LogP contribution in [-0.2, 0) is 16.0 Å². The second kappa shape index (κ2) is 12.4. The molecule has 0 aliphatic rings. The van der Waals surface area contributed by atoms with Gasteiger partial charge in [-0.2, -0.15) is 0 Å². The second-order valence-corrected chi connectivity index (χ2v) is 5.62. The number of nitrogens with two attached hydrogens (primary N) is 1. The van der Waals surface area contributed by atoms with Gasteiger partial charge in [-0.1, -0.05) is 44.2 Å². The van der Waals surface area contributed by atoms with Crippen LogP contribution < -0.4 is 11.1 Å². The lowest BCUT2D eigenvalue weighted by molar-refractivity contribution is -0.123. The van der Waals surface area contributed by atoms with Gasteiger partial charge in [0.1, 0.15) is 0 Å². The molecule has 1 amide bonds. The molecule has 0 fully saturated rings. The molecular formula is C17H29ClN2O2. The van der Waals surface area contributed by atoms with Crippen LogP contribution >= 0.6 is 12.4 Å². The first-order chi connectivity index (χ1) is 10.1. The van der Waals surface area contributed by atoms with E-state index in [1.807, 2.05) is 32.0 Å². The van der Waals surface area contributed by atoms with E-state index in [1.165, 1.54) is 5.56 Å². The summed E-state index contributed by atoms with van der Waals surface area (Å²) in [6.07, 6.45) is 2.81. The molecule has 0 radical (unpaired) electrons. The Labute approximate surface area is 140 Å². The highest BCUT2D eigenvalue weighted by atomic mass is 35.5. The molecule has 22 heavy (non-hydrogen) atoms. The zero-order chi connectivity index (χ0) is 15.5. The molecule has 1 atom stereocenters. The molecule has 1 aromatic carbocycles. The number of rotatable bonds is 10. The Balaban J connectivity index is 0.00000441. The van der Waals surface area contributed by atoms with Crippen LogP contribution in [0, 0.1) is 5.92 Å². The molecular weight excluding hydrogens is 300 g/mol. The van der Waals surface area contributed by atoms with Gasteiger partial charge in [-0.05, 0) is 30.7 Å². The maximum Gasteiger partial charge on any atom is 0.237 e. The van der Waals surface area contributed by atoms with Crippen molar-refractivity contribution in [1.29, 1.82) is 0 Å². The molecule has 126 valence electrons. The van der Waals surface area contributed by atoms with Gasteiger partial charge < -0.3 is 15.8 Å². The maximum atomic E-state index is 11.6. The topological polar surface area (TPSA) is 64.4 Å². The number of hydrogen-bond acceptors (Lipinski definition) is 3. The van der Waals surface area contributed by atoms with Crippen molar-refractivity contribution >= 4 is 18.3 Å². The molecule has 0 aliphatic carbocycles. The summed E-state index contributed by atoms with van der Waals surface area (Å²) in [7, 11) is 0. The smallest absolute Gasteiger partial charge is 0.237 e. The Morgan fingerprint density at radius 1 is 1.18 bits per heavy atom. The fraction of sp³-hybridized carbons (Fsp3) is 0.588. The Hall–Kier alpha value is -1.10. The quantitative estimate of drug-likeness (QED) is 0.649. The minimum atomic E-state index is -0.410. The Morgan fingerprint density at radius 2 is 1.86 bits per heavy atom. The first-order valence-electron chi connectivity index (χ1n) is 7.76. The number of carbonyl (C=O) groups excluding carboxylic acids is 1. The van der Waals surface area contributed by atoms with Gasteiger partial charge in [0.05, 0.1) is 12.6 Å². The molecule has 0 aromatic heterocycles. The lowest BCUT2D eigenvalue weighted by atomic mass is 10.1. The number of amides is 1. The number of hydrogen-bond donors (Lipinski definition) is 2. The van der Waals surface area contributed by atoms with Crippen LogP contribution in [0.15, 0.2) is 30.3 Å². The summed E-state index contributed by atoms with van der Waals surface area (Å²) in [5, 5.41) is 2.86. The summed E-state index contributed by atoms with van der Waals surface area (Å²) >= 11 is 0. The molecule has 0 aliphatic heterocycles. The van der Waals surface area contributed by atoms with E-state index in [0.717, 1.165) is 32.5 Å². The zero-order valence-corrected chi connectivity index (χ0v) is 14.4. The minimum Gasteiger partial charge on any atom is -0.381 e. The largest absolute Gasteiger partial charge is 0.381 e. The van der Waals surface area contributed by atoms with E-state index in [-0.39, 0.29) is 24.2 Å². The normalized spacial score (nSPS) is 11.8. The molecule has 3 N–H and O–H groups in total. The number of benzene rings is 1. The van der Waals surface area contributed by atoms with Crippen LogP contribution in [0.4, 0.5) is 0 Å². The van der Waals surface area contributed by atoms with E-state index in [2.05, 4.69) is 17.4 Å². The van der Waals surface area contributed by atoms with Gasteiger partial charge in [0.2, 0.25) is 5.91 Å². The van der Waals surface area contributed by atoms with Gasteiger partial charge in [0.15, 0.2) is 0 Å². The molecule has 0 heterocycles. The number of halogens is 1. The Bertz CT molecular complexity index is 399. The first kappa shape index (κ1) is 20.9. The fourth-order valence-corrected chi connectivity index (χ4v) is 1.90. The number of ether oxygens (including phenoxy) is 1. The van der Waals surface area contributed by atoms with Crippen molar-refractivity contribution in [3.63, 3.8) is 0 Å². The summed E-state index contributed by atoms with van der Waals surface area (Å²) in [6, 6.07) is 9.91. The summed E-state index contributed by atoms with van der Waals surface area (Å²) in [4.78, 5) is 11.6. The highest BCUT2D eigenvalue weighted by Crippen LogP contribution is 2.00. The van der Waals surface area contributed by atoms with Crippen molar-refractivity contribution in [3.8, 4) is 0 Å². The van der Waals surface area contributed by atoms with E-state index in [9.17, 15) is 4.79 Å². The van der Waals surface area contributed by atoms with E-state index in [1.54, 1.807) is 0 Å². The molecule has 0 saturated carbocycles. The average Bonchev–Trinajstić information content (AvgIpc) is 2.49. The van der Waals surface area contributed by atoms with Gasteiger partial charge in [0.25, 0.3) is 0 Å². The zero-order valence-electron chi connectivity index (χ0n) is 13.6. The summed E-state index contributed by atoms with van der Waals surface area (Å²) in [5.41, 5.74) is 7.06. The number of nitrogens with one attached hydrogen (secondary N) is 1. The van der Waals surface area contributed by atoms with Crippen LogP contribution in [0.5, 0.6) is 0 Å². The van der Waals surface area contributed by atoms with E-state index < -0.39 is 6.04 Å². The summed E-state index contributed by atoms with van der Waals surface area (Å²) in [6.45, 7) is 6.05. The number of unbranched alkanes of at least 4 members (excludes halogenated alkanes) is 1. The molecule has 0 spiro atoms. The van der Waals surface area contributed by atoms with Gasteiger partial charge in [-0.3, -0.25) is 4.79 Å².